The summed E-state index contributed by atoms with van der Waals surface area (Å²) in [4.78, 5) is 0. The SMILES string of the molecule is CCCS(=O)(=O)NCC1(CCO)CCCC1. The first-order chi connectivity index (χ1) is 7.54. The minimum Gasteiger partial charge on any atom is -0.396 e. The lowest BCUT2D eigenvalue weighted by atomic mass is 9.83. The van der Waals surface area contributed by atoms with Gasteiger partial charge in [0, 0.05) is 13.2 Å². The summed E-state index contributed by atoms with van der Waals surface area (Å²) in [6, 6.07) is 0. The lowest BCUT2D eigenvalue weighted by Gasteiger charge is -2.28. The van der Waals surface area contributed by atoms with Crippen molar-refractivity contribution in [2.24, 2.45) is 5.41 Å². The van der Waals surface area contributed by atoms with Crippen LogP contribution in [-0.2, 0) is 10.0 Å². The molecule has 0 aromatic rings. The van der Waals surface area contributed by atoms with Crippen LogP contribution in [0.5, 0.6) is 0 Å². The fourth-order valence-corrected chi connectivity index (χ4v) is 3.69. The number of sulfonamides is 1. The molecule has 0 bridgehead atoms. The second kappa shape index (κ2) is 5.98. The van der Waals surface area contributed by atoms with Gasteiger partial charge in [0.15, 0.2) is 0 Å². The molecule has 1 saturated carbocycles. The monoisotopic (exact) mass is 249 g/mol. The molecule has 1 aliphatic carbocycles. The number of hydrogen-bond acceptors (Lipinski definition) is 3. The Morgan fingerprint density at radius 2 is 1.94 bits per heavy atom. The Morgan fingerprint density at radius 3 is 2.44 bits per heavy atom. The van der Waals surface area contributed by atoms with E-state index in [2.05, 4.69) is 4.72 Å². The van der Waals surface area contributed by atoms with E-state index in [1.165, 1.54) is 0 Å². The number of hydrogen-bond donors (Lipinski definition) is 2. The summed E-state index contributed by atoms with van der Waals surface area (Å²) in [5.74, 6) is 0.197. The smallest absolute Gasteiger partial charge is 0.211 e. The van der Waals surface area contributed by atoms with Gasteiger partial charge in [0.25, 0.3) is 0 Å². The molecule has 16 heavy (non-hydrogen) atoms. The maximum absolute atomic E-state index is 11.6. The topological polar surface area (TPSA) is 66.4 Å². The van der Waals surface area contributed by atoms with Gasteiger partial charge < -0.3 is 5.11 Å². The van der Waals surface area contributed by atoms with Crippen molar-refractivity contribution in [3.63, 3.8) is 0 Å². The predicted octanol–water partition coefficient (Wildman–Crippen LogP) is 1.26. The molecule has 1 aliphatic rings. The molecule has 0 radical (unpaired) electrons. The van der Waals surface area contributed by atoms with Crippen molar-refractivity contribution < 1.29 is 13.5 Å². The van der Waals surface area contributed by atoms with Gasteiger partial charge in [0.05, 0.1) is 5.75 Å². The van der Waals surface area contributed by atoms with Gasteiger partial charge in [0.2, 0.25) is 10.0 Å². The summed E-state index contributed by atoms with van der Waals surface area (Å²) in [5, 5.41) is 9.05. The molecule has 0 heterocycles. The van der Waals surface area contributed by atoms with E-state index in [4.69, 9.17) is 5.11 Å². The van der Waals surface area contributed by atoms with Gasteiger partial charge in [-0.25, -0.2) is 13.1 Å². The van der Waals surface area contributed by atoms with Crippen LogP contribution in [0.25, 0.3) is 0 Å². The first-order valence-electron chi connectivity index (χ1n) is 6.12. The largest absolute Gasteiger partial charge is 0.396 e. The molecule has 0 aromatic heterocycles. The molecular formula is C11H23NO3S. The third kappa shape index (κ3) is 4.03. The van der Waals surface area contributed by atoms with Gasteiger partial charge in [0.1, 0.15) is 0 Å². The van der Waals surface area contributed by atoms with Crippen molar-refractivity contribution in [2.75, 3.05) is 18.9 Å². The summed E-state index contributed by atoms with van der Waals surface area (Å²) in [6.07, 6.45) is 5.71. The van der Waals surface area contributed by atoms with Gasteiger partial charge >= 0.3 is 0 Å². The highest BCUT2D eigenvalue weighted by Crippen LogP contribution is 2.40. The van der Waals surface area contributed by atoms with E-state index >= 15 is 0 Å². The van der Waals surface area contributed by atoms with Crippen molar-refractivity contribution in [3.05, 3.63) is 0 Å². The maximum atomic E-state index is 11.6. The van der Waals surface area contributed by atoms with Crippen molar-refractivity contribution in [3.8, 4) is 0 Å². The third-order valence-electron chi connectivity index (χ3n) is 3.45. The van der Waals surface area contributed by atoms with Crippen LogP contribution in [0.15, 0.2) is 0 Å². The molecule has 96 valence electrons. The number of rotatable bonds is 7. The molecule has 0 atom stereocenters. The zero-order valence-electron chi connectivity index (χ0n) is 10.0. The fourth-order valence-electron chi connectivity index (χ4n) is 2.48. The Balaban J connectivity index is 2.50. The Labute approximate surface area is 98.5 Å². The highest BCUT2D eigenvalue weighted by molar-refractivity contribution is 7.89. The van der Waals surface area contributed by atoms with Crippen molar-refractivity contribution in [2.45, 2.75) is 45.4 Å². The van der Waals surface area contributed by atoms with Crippen LogP contribution < -0.4 is 4.72 Å². The number of aliphatic hydroxyl groups is 1. The van der Waals surface area contributed by atoms with E-state index in [1.807, 2.05) is 6.92 Å². The lowest BCUT2D eigenvalue weighted by Crippen LogP contribution is -2.37. The fraction of sp³-hybridized carbons (Fsp3) is 1.00. The van der Waals surface area contributed by atoms with E-state index in [0.717, 1.165) is 25.7 Å². The van der Waals surface area contributed by atoms with Gasteiger partial charge in [-0.15, -0.1) is 0 Å². The Kier molecular flexibility index (Phi) is 5.21. The highest BCUT2D eigenvalue weighted by Gasteiger charge is 2.34. The van der Waals surface area contributed by atoms with Crippen molar-refractivity contribution in [1.82, 2.24) is 4.72 Å². The van der Waals surface area contributed by atoms with Crippen LogP contribution in [0, 0.1) is 5.41 Å². The Bertz CT molecular complexity index is 294. The van der Waals surface area contributed by atoms with Crippen LogP contribution in [0.2, 0.25) is 0 Å². The first kappa shape index (κ1) is 13.9. The van der Waals surface area contributed by atoms with Crippen LogP contribution in [0.4, 0.5) is 0 Å². The summed E-state index contributed by atoms with van der Waals surface area (Å²) in [5.41, 5.74) is 0.00949. The zero-order chi connectivity index (χ0) is 12.1. The minimum absolute atomic E-state index is 0.00949. The molecule has 4 nitrogen and oxygen atoms in total. The molecular weight excluding hydrogens is 226 g/mol. The number of aliphatic hydroxyl groups excluding tert-OH is 1. The molecule has 0 spiro atoms. The van der Waals surface area contributed by atoms with Crippen LogP contribution in [0.1, 0.15) is 45.4 Å². The van der Waals surface area contributed by atoms with Gasteiger partial charge in [-0.05, 0) is 31.1 Å². The highest BCUT2D eigenvalue weighted by atomic mass is 32.2. The zero-order valence-corrected chi connectivity index (χ0v) is 10.9. The molecule has 0 amide bonds. The summed E-state index contributed by atoms with van der Waals surface area (Å²) in [7, 11) is -3.11. The third-order valence-corrected chi connectivity index (χ3v) is 4.98. The second-order valence-electron chi connectivity index (χ2n) is 4.82. The summed E-state index contributed by atoms with van der Waals surface area (Å²) < 4.78 is 25.8. The summed E-state index contributed by atoms with van der Waals surface area (Å²) in [6.45, 7) is 2.50. The van der Waals surface area contributed by atoms with Gasteiger partial charge in [-0.1, -0.05) is 19.8 Å². The van der Waals surface area contributed by atoms with Gasteiger partial charge in [-0.2, -0.15) is 0 Å². The van der Waals surface area contributed by atoms with Crippen LogP contribution >= 0.6 is 0 Å². The van der Waals surface area contributed by atoms with E-state index in [9.17, 15) is 8.42 Å². The van der Waals surface area contributed by atoms with E-state index in [0.29, 0.717) is 19.4 Å². The minimum atomic E-state index is -3.11. The molecule has 1 rings (SSSR count). The van der Waals surface area contributed by atoms with Crippen LogP contribution in [-0.4, -0.2) is 32.4 Å². The molecule has 1 fully saturated rings. The molecule has 0 aliphatic heterocycles. The lowest BCUT2D eigenvalue weighted by molar-refractivity contribution is 0.186. The molecule has 2 N–H and O–H groups in total. The van der Waals surface area contributed by atoms with E-state index in [-0.39, 0.29) is 17.8 Å². The molecule has 0 unspecified atom stereocenters. The van der Waals surface area contributed by atoms with Gasteiger partial charge in [-0.3, -0.25) is 0 Å². The normalized spacial score (nSPS) is 20.1. The Morgan fingerprint density at radius 1 is 1.31 bits per heavy atom. The molecule has 5 heteroatoms. The maximum Gasteiger partial charge on any atom is 0.211 e. The van der Waals surface area contributed by atoms with Crippen molar-refractivity contribution in [1.29, 1.82) is 0 Å². The molecule has 0 aromatic carbocycles. The average molecular weight is 249 g/mol. The quantitative estimate of drug-likeness (QED) is 0.714. The predicted molar refractivity (Wildman–Crippen MR) is 64.7 cm³/mol. The first-order valence-corrected chi connectivity index (χ1v) is 7.77. The second-order valence-corrected chi connectivity index (χ2v) is 6.75. The van der Waals surface area contributed by atoms with Crippen LogP contribution in [0.3, 0.4) is 0 Å². The Hall–Kier alpha value is -0.130. The van der Waals surface area contributed by atoms with Crippen molar-refractivity contribution >= 4 is 10.0 Å². The van der Waals surface area contributed by atoms with E-state index < -0.39 is 10.0 Å². The molecule has 0 saturated heterocycles. The average Bonchev–Trinajstić information content (AvgIpc) is 2.65. The standard InChI is InChI=1S/C11H23NO3S/c1-2-9-16(14,15)12-10-11(7-8-13)5-3-4-6-11/h12-13H,2-10H2,1H3. The summed E-state index contributed by atoms with van der Waals surface area (Å²) >= 11 is 0. The number of nitrogens with one attached hydrogen (secondary N) is 1. The van der Waals surface area contributed by atoms with E-state index in [1.54, 1.807) is 0 Å².